The molecule has 61 heavy (non-hydrogen) atoms. The molecule has 3 amide bonds. The monoisotopic (exact) mass is 830 g/mol. The van der Waals surface area contributed by atoms with Gasteiger partial charge in [0.25, 0.3) is 11.5 Å². The molecule has 2 N–H and O–H groups in total. The maximum atomic E-state index is 13.3. The van der Waals surface area contributed by atoms with Gasteiger partial charge in [0.1, 0.15) is 23.3 Å². The van der Waals surface area contributed by atoms with Crippen LogP contribution in [0.5, 0.6) is 17.2 Å². The first kappa shape index (κ1) is 41.1. The summed E-state index contributed by atoms with van der Waals surface area (Å²) in [6, 6.07) is 11.3. The highest BCUT2D eigenvalue weighted by molar-refractivity contribution is 6.05. The summed E-state index contributed by atoms with van der Waals surface area (Å²) in [6.07, 6.45) is 11.0. The van der Waals surface area contributed by atoms with Crippen molar-refractivity contribution in [2.24, 2.45) is 11.3 Å². The van der Waals surface area contributed by atoms with Crippen LogP contribution in [0.25, 0.3) is 21.9 Å². The first-order chi connectivity index (χ1) is 29.3. The molecule has 1 saturated carbocycles. The lowest BCUT2D eigenvalue weighted by atomic mass is 9.61. The molecular weight excluding hydrogens is 773 g/mol. The standard InChI is InChI=1S/C48H58N6O7/c1-47(2,3)42-21-35-36(24-50-44(56)37(35)25-49-42)31-18-40(59-4)38(41(19-31)60-5)28-52-14-10-29(11-15-52)26-53-16-12-48(13-17-53)22-33(23-48)61-32-7-6-30-27-54(46(58)34(30)20-32)39-8-9-43(55)51-45(39)57/h6-7,18-21,24-25,29,33,39H,8-17,22-23,26-28H2,1-5H3,(H,50,56)(H,51,55,57). The van der Waals surface area contributed by atoms with E-state index in [1.807, 2.05) is 24.3 Å². The van der Waals surface area contributed by atoms with Crippen LogP contribution in [0, 0.1) is 11.3 Å². The predicted octanol–water partition coefficient (Wildman–Crippen LogP) is 6.20. The van der Waals surface area contributed by atoms with Gasteiger partial charge in [0.05, 0.1) is 31.3 Å². The number of carbonyl (C=O) groups is 3. The SMILES string of the molecule is COc1cc(-c2c[nH]c(=O)c3cnc(C(C)(C)C)cc23)cc(OC)c1CN1CCC(CN2CCC3(CC2)CC(Oc2ccc4c(c2)C(=O)N(C2CCC(=O)NC2=O)C4)C3)CC1. The number of nitrogens with one attached hydrogen (secondary N) is 2. The molecule has 1 spiro atoms. The van der Waals surface area contributed by atoms with E-state index in [0.29, 0.717) is 41.0 Å². The summed E-state index contributed by atoms with van der Waals surface area (Å²) >= 11 is 0. The highest BCUT2D eigenvalue weighted by Gasteiger charge is 2.47. The maximum absolute atomic E-state index is 13.3. The van der Waals surface area contributed by atoms with E-state index >= 15 is 0 Å². The van der Waals surface area contributed by atoms with Gasteiger partial charge in [0.2, 0.25) is 11.8 Å². The van der Waals surface area contributed by atoms with Crippen molar-refractivity contribution in [2.45, 2.75) is 103 Å². The molecular formula is C48H58N6O7. The lowest BCUT2D eigenvalue weighted by Gasteiger charge is -2.52. The van der Waals surface area contributed by atoms with Gasteiger partial charge in [-0.3, -0.25) is 34.4 Å². The Bertz CT molecular complexity index is 2390. The molecule has 13 nitrogen and oxygen atoms in total. The zero-order valence-electron chi connectivity index (χ0n) is 36.1. The van der Waals surface area contributed by atoms with Crippen molar-refractivity contribution in [2.75, 3.05) is 46.9 Å². The van der Waals surface area contributed by atoms with Crippen molar-refractivity contribution in [1.29, 1.82) is 0 Å². The van der Waals surface area contributed by atoms with Crippen molar-refractivity contribution in [3.63, 3.8) is 0 Å². The number of hydrogen-bond donors (Lipinski definition) is 2. The third-order valence-electron chi connectivity index (χ3n) is 14.1. The Morgan fingerprint density at radius 3 is 2.25 bits per heavy atom. The van der Waals surface area contributed by atoms with E-state index in [2.05, 4.69) is 58.0 Å². The molecule has 9 rings (SSSR count). The number of hydrogen-bond acceptors (Lipinski definition) is 10. The number of fused-ring (bicyclic) bond motifs is 2. The zero-order chi connectivity index (χ0) is 42.6. The average molecular weight is 831 g/mol. The van der Waals surface area contributed by atoms with Crippen molar-refractivity contribution >= 4 is 28.5 Å². The van der Waals surface area contributed by atoms with Gasteiger partial charge in [0, 0.05) is 60.7 Å². The molecule has 4 aliphatic heterocycles. The van der Waals surface area contributed by atoms with E-state index in [1.54, 1.807) is 31.5 Å². The minimum atomic E-state index is -0.614. The maximum Gasteiger partial charge on any atom is 0.257 e. The Morgan fingerprint density at radius 2 is 1.57 bits per heavy atom. The van der Waals surface area contributed by atoms with Crippen molar-refractivity contribution < 1.29 is 28.6 Å². The van der Waals surface area contributed by atoms with Crippen LogP contribution >= 0.6 is 0 Å². The van der Waals surface area contributed by atoms with Crippen LogP contribution in [0.4, 0.5) is 0 Å². The highest BCUT2D eigenvalue weighted by Crippen LogP contribution is 2.51. The van der Waals surface area contributed by atoms with Gasteiger partial charge in [-0.15, -0.1) is 0 Å². The second-order valence-electron chi connectivity index (χ2n) is 19.1. The fourth-order valence-corrected chi connectivity index (χ4v) is 10.4. The quantitative estimate of drug-likeness (QED) is 0.177. The molecule has 5 aliphatic rings. The number of amides is 3. The lowest BCUT2D eigenvalue weighted by Crippen LogP contribution is -2.52. The predicted molar refractivity (Wildman–Crippen MR) is 232 cm³/mol. The van der Waals surface area contributed by atoms with E-state index in [1.165, 1.54) is 12.8 Å². The highest BCUT2D eigenvalue weighted by atomic mass is 16.5. The van der Waals surface area contributed by atoms with Gasteiger partial charge in [-0.05, 0) is 129 Å². The summed E-state index contributed by atoms with van der Waals surface area (Å²) < 4.78 is 18.4. The van der Waals surface area contributed by atoms with Gasteiger partial charge < -0.3 is 29.0 Å². The smallest absolute Gasteiger partial charge is 0.257 e. The third-order valence-corrected chi connectivity index (χ3v) is 14.1. The zero-order valence-corrected chi connectivity index (χ0v) is 36.1. The first-order valence-corrected chi connectivity index (χ1v) is 22.0. The van der Waals surface area contributed by atoms with Crippen LogP contribution < -0.4 is 25.1 Å². The molecule has 1 unspecified atom stereocenters. The number of methoxy groups -OCH3 is 2. The van der Waals surface area contributed by atoms with Crippen molar-refractivity contribution in [3.8, 4) is 28.4 Å². The van der Waals surface area contributed by atoms with E-state index in [9.17, 15) is 19.2 Å². The van der Waals surface area contributed by atoms with Gasteiger partial charge in [0.15, 0.2) is 0 Å². The lowest BCUT2D eigenvalue weighted by molar-refractivity contribution is -0.136. The number of carbonyl (C=O) groups excluding carboxylic acids is 3. The second-order valence-corrected chi connectivity index (χ2v) is 19.1. The van der Waals surface area contributed by atoms with Gasteiger partial charge in [-0.25, -0.2) is 0 Å². The summed E-state index contributed by atoms with van der Waals surface area (Å²) in [4.78, 5) is 64.4. The molecule has 0 bridgehead atoms. The number of nitrogens with zero attached hydrogens (tertiary/aromatic N) is 4. The average Bonchev–Trinajstić information content (AvgIpc) is 3.56. The van der Waals surface area contributed by atoms with Crippen molar-refractivity contribution in [1.82, 2.24) is 30.0 Å². The van der Waals surface area contributed by atoms with Gasteiger partial charge in [-0.2, -0.15) is 0 Å². The Labute approximate surface area is 357 Å². The second kappa shape index (κ2) is 16.2. The van der Waals surface area contributed by atoms with Crippen LogP contribution in [0.2, 0.25) is 0 Å². The van der Waals surface area contributed by atoms with Crippen LogP contribution in [-0.2, 0) is 28.1 Å². The number of H-pyrrole nitrogens is 1. The number of likely N-dealkylation sites (tertiary alicyclic amines) is 2. The first-order valence-electron chi connectivity index (χ1n) is 22.0. The number of pyridine rings is 2. The normalized spacial score (nSPS) is 21.4. The minimum absolute atomic E-state index is 0.146. The molecule has 1 atom stereocenters. The summed E-state index contributed by atoms with van der Waals surface area (Å²) in [5.41, 5.74) is 5.26. The minimum Gasteiger partial charge on any atom is -0.496 e. The molecule has 322 valence electrons. The van der Waals surface area contributed by atoms with Gasteiger partial charge >= 0.3 is 0 Å². The third kappa shape index (κ3) is 8.14. The fourth-order valence-electron chi connectivity index (χ4n) is 10.4. The number of aromatic nitrogens is 2. The number of ether oxygens (including phenoxy) is 3. The largest absolute Gasteiger partial charge is 0.496 e. The molecule has 6 heterocycles. The molecule has 1 aliphatic carbocycles. The van der Waals surface area contributed by atoms with Crippen molar-refractivity contribution in [3.05, 3.63) is 81.5 Å². The van der Waals surface area contributed by atoms with Crippen LogP contribution in [0.3, 0.4) is 0 Å². The number of piperidine rings is 3. The number of benzene rings is 2. The van der Waals surface area contributed by atoms with Gasteiger partial charge in [-0.1, -0.05) is 26.8 Å². The van der Waals surface area contributed by atoms with Crippen LogP contribution in [0.15, 0.2) is 53.6 Å². The number of imide groups is 1. The molecule has 4 fully saturated rings. The number of aromatic amines is 1. The summed E-state index contributed by atoms with van der Waals surface area (Å²) in [6.45, 7) is 12.9. The Hall–Kier alpha value is -5.27. The molecule has 0 radical (unpaired) electrons. The molecule has 2 aromatic carbocycles. The topological polar surface area (TPSA) is 146 Å². The summed E-state index contributed by atoms with van der Waals surface area (Å²) in [5.74, 6) is 2.07. The number of rotatable bonds is 10. The molecule has 13 heteroatoms. The Balaban J connectivity index is 0.755. The van der Waals surface area contributed by atoms with E-state index in [4.69, 9.17) is 14.2 Å². The molecule has 4 aromatic rings. The molecule has 3 saturated heterocycles. The van der Waals surface area contributed by atoms with Crippen LogP contribution in [0.1, 0.15) is 99.3 Å². The van der Waals surface area contributed by atoms with E-state index in [0.717, 1.165) is 110 Å². The molecule has 2 aromatic heterocycles. The summed E-state index contributed by atoms with van der Waals surface area (Å²) in [7, 11) is 3.41. The van der Waals surface area contributed by atoms with Crippen LogP contribution in [-0.4, -0.2) is 101 Å². The summed E-state index contributed by atoms with van der Waals surface area (Å²) in [5, 5.41) is 3.78. The Morgan fingerprint density at radius 1 is 0.852 bits per heavy atom. The Kier molecular flexibility index (Phi) is 10.9. The van der Waals surface area contributed by atoms with E-state index < -0.39 is 11.9 Å². The fraction of sp³-hybridized carbons (Fsp3) is 0.521. The van der Waals surface area contributed by atoms with E-state index in [-0.39, 0.29) is 35.3 Å².